The van der Waals surface area contributed by atoms with Gasteiger partial charge in [-0.15, -0.1) is 0 Å². The molecular formula is C13H14BrN3O. The summed E-state index contributed by atoms with van der Waals surface area (Å²) in [6.45, 7) is 4.15. The number of hydrogen-bond donors (Lipinski definition) is 1. The fraction of sp³-hybridized carbons (Fsp3) is 0.231. The van der Waals surface area contributed by atoms with Crippen LogP contribution in [0.15, 0.2) is 35.1 Å². The van der Waals surface area contributed by atoms with Gasteiger partial charge in [0.25, 0.3) is 0 Å². The van der Waals surface area contributed by atoms with Crippen molar-refractivity contribution in [3.8, 4) is 11.6 Å². The van der Waals surface area contributed by atoms with Crippen LogP contribution < -0.4 is 10.5 Å². The van der Waals surface area contributed by atoms with Crippen LogP contribution in [-0.2, 0) is 0 Å². The molecule has 1 aromatic carbocycles. The van der Waals surface area contributed by atoms with E-state index >= 15 is 0 Å². The van der Waals surface area contributed by atoms with E-state index in [4.69, 9.17) is 10.5 Å². The third kappa shape index (κ3) is 3.20. The standard InChI is InChI=1S/C13H14BrN3O/c1-8(2)12-6-13(17-7-16-12)18-11-4-9(14)3-10(15)5-11/h3-8H,15H2,1-2H3. The van der Waals surface area contributed by atoms with E-state index in [2.05, 4.69) is 39.7 Å². The van der Waals surface area contributed by atoms with Crippen LogP contribution in [0.2, 0.25) is 0 Å². The lowest BCUT2D eigenvalue weighted by molar-refractivity contribution is 0.459. The normalized spacial score (nSPS) is 10.7. The number of nitrogens with two attached hydrogens (primary N) is 1. The number of halogens is 1. The van der Waals surface area contributed by atoms with Crippen molar-refractivity contribution >= 4 is 21.6 Å². The smallest absolute Gasteiger partial charge is 0.222 e. The number of aromatic nitrogens is 2. The highest BCUT2D eigenvalue weighted by Gasteiger charge is 2.05. The van der Waals surface area contributed by atoms with Crippen LogP contribution in [-0.4, -0.2) is 9.97 Å². The molecular weight excluding hydrogens is 294 g/mol. The van der Waals surface area contributed by atoms with Gasteiger partial charge in [-0.05, 0) is 18.1 Å². The molecule has 0 saturated carbocycles. The van der Waals surface area contributed by atoms with Gasteiger partial charge in [-0.3, -0.25) is 0 Å². The number of nitrogens with zero attached hydrogens (tertiary/aromatic N) is 2. The number of hydrogen-bond acceptors (Lipinski definition) is 4. The van der Waals surface area contributed by atoms with E-state index in [0.717, 1.165) is 10.2 Å². The largest absolute Gasteiger partial charge is 0.439 e. The molecule has 0 atom stereocenters. The molecule has 0 amide bonds. The van der Waals surface area contributed by atoms with Gasteiger partial charge in [0, 0.05) is 22.3 Å². The number of benzene rings is 1. The summed E-state index contributed by atoms with van der Waals surface area (Å²) in [6.07, 6.45) is 1.51. The van der Waals surface area contributed by atoms with Gasteiger partial charge in [-0.25, -0.2) is 9.97 Å². The van der Waals surface area contributed by atoms with Gasteiger partial charge >= 0.3 is 0 Å². The maximum Gasteiger partial charge on any atom is 0.222 e. The summed E-state index contributed by atoms with van der Waals surface area (Å²) in [5, 5.41) is 0. The zero-order valence-corrected chi connectivity index (χ0v) is 11.8. The molecule has 1 heterocycles. The first-order valence-corrected chi connectivity index (χ1v) is 6.40. The molecule has 0 aliphatic rings. The zero-order valence-electron chi connectivity index (χ0n) is 10.2. The predicted octanol–water partition coefficient (Wildman–Crippen LogP) is 3.74. The van der Waals surface area contributed by atoms with Crippen molar-refractivity contribution in [2.75, 3.05) is 5.73 Å². The lowest BCUT2D eigenvalue weighted by Crippen LogP contribution is -1.96. The van der Waals surface area contributed by atoms with Gasteiger partial charge in [0.15, 0.2) is 0 Å². The maximum atomic E-state index is 5.75. The summed E-state index contributed by atoms with van der Waals surface area (Å²) in [4.78, 5) is 8.28. The van der Waals surface area contributed by atoms with E-state index in [9.17, 15) is 0 Å². The molecule has 2 aromatic rings. The first kappa shape index (κ1) is 12.8. The maximum absolute atomic E-state index is 5.75. The molecule has 0 bridgehead atoms. The zero-order chi connectivity index (χ0) is 13.1. The topological polar surface area (TPSA) is 61.0 Å². The van der Waals surface area contributed by atoms with E-state index in [0.29, 0.717) is 23.2 Å². The quantitative estimate of drug-likeness (QED) is 0.878. The van der Waals surface area contributed by atoms with Crippen LogP contribution in [0.5, 0.6) is 11.6 Å². The molecule has 0 aliphatic heterocycles. The SMILES string of the molecule is CC(C)c1cc(Oc2cc(N)cc(Br)c2)ncn1. The Morgan fingerprint density at radius 3 is 2.61 bits per heavy atom. The molecule has 2 N–H and O–H groups in total. The van der Waals surface area contributed by atoms with E-state index in [1.807, 2.05) is 18.2 Å². The minimum atomic E-state index is 0.336. The van der Waals surface area contributed by atoms with Crippen LogP contribution >= 0.6 is 15.9 Å². The van der Waals surface area contributed by atoms with Crippen molar-refractivity contribution in [2.45, 2.75) is 19.8 Å². The molecule has 0 fully saturated rings. The second-order valence-corrected chi connectivity index (χ2v) is 5.17. The van der Waals surface area contributed by atoms with E-state index in [-0.39, 0.29) is 0 Å². The van der Waals surface area contributed by atoms with Gasteiger partial charge in [0.05, 0.1) is 5.69 Å². The highest BCUT2D eigenvalue weighted by atomic mass is 79.9. The minimum Gasteiger partial charge on any atom is -0.439 e. The fourth-order valence-corrected chi connectivity index (χ4v) is 1.98. The van der Waals surface area contributed by atoms with Gasteiger partial charge < -0.3 is 10.5 Å². The van der Waals surface area contributed by atoms with Crippen LogP contribution in [0.1, 0.15) is 25.5 Å². The van der Waals surface area contributed by atoms with Gasteiger partial charge in [0.2, 0.25) is 5.88 Å². The molecule has 0 aliphatic carbocycles. The molecule has 2 rings (SSSR count). The van der Waals surface area contributed by atoms with E-state index in [1.165, 1.54) is 6.33 Å². The van der Waals surface area contributed by atoms with Gasteiger partial charge in [0.1, 0.15) is 12.1 Å². The average molecular weight is 308 g/mol. The van der Waals surface area contributed by atoms with Crippen molar-refractivity contribution in [1.82, 2.24) is 9.97 Å². The third-order valence-electron chi connectivity index (χ3n) is 2.37. The predicted molar refractivity (Wildman–Crippen MR) is 74.7 cm³/mol. The summed E-state index contributed by atoms with van der Waals surface area (Å²) in [7, 11) is 0. The molecule has 0 spiro atoms. The van der Waals surface area contributed by atoms with Gasteiger partial charge in [-0.2, -0.15) is 0 Å². The lowest BCUT2D eigenvalue weighted by atomic mass is 10.1. The van der Waals surface area contributed by atoms with Crippen molar-refractivity contribution in [1.29, 1.82) is 0 Å². The van der Waals surface area contributed by atoms with Crippen molar-refractivity contribution in [2.24, 2.45) is 0 Å². The van der Waals surface area contributed by atoms with Crippen molar-refractivity contribution in [3.05, 3.63) is 40.8 Å². The summed E-state index contributed by atoms with van der Waals surface area (Å²) < 4.78 is 6.54. The minimum absolute atomic E-state index is 0.336. The summed E-state index contributed by atoms with van der Waals surface area (Å²) in [6, 6.07) is 7.24. The Bertz CT molecular complexity index is 537. The summed E-state index contributed by atoms with van der Waals surface area (Å²) in [5.74, 6) is 1.50. The lowest BCUT2D eigenvalue weighted by Gasteiger charge is -2.08. The first-order valence-electron chi connectivity index (χ1n) is 5.60. The van der Waals surface area contributed by atoms with E-state index in [1.54, 1.807) is 6.07 Å². The molecule has 0 unspecified atom stereocenters. The van der Waals surface area contributed by atoms with Crippen LogP contribution in [0.4, 0.5) is 5.69 Å². The first-order chi connectivity index (χ1) is 8.54. The Kier molecular flexibility index (Phi) is 3.81. The molecule has 5 heteroatoms. The highest BCUT2D eigenvalue weighted by Crippen LogP contribution is 2.27. The van der Waals surface area contributed by atoms with E-state index < -0.39 is 0 Å². The van der Waals surface area contributed by atoms with Crippen LogP contribution in [0.25, 0.3) is 0 Å². The van der Waals surface area contributed by atoms with Crippen molar-refractivity contribution < 1.29 is 4.74 Å². The highest BCUT2D eigenvalue weighted by molar-refractivity contribution is 9.10. The second kappa shape index (κ2) is 5.35. The number of rotatable bonds is 3. The number of anilines is 1. The fourth-order valence-electron chi connectivity index (χ4n) is 1.49. The van der Waals surface area contributed by atoms with Gasteiger partial charge in [-0.1, -0.05) is 29.8 Å². The molecule has 18 heavy (non-hydrogen) atoms. The number of nitrogen functional groups attached to an aromatic ring is 1. The summed E-state index contributed by atoms with van der Waals surface area (Å²) >= 11 is 3.37. The third-order valence-corrected chi connectivity index (χ3v) is 2.83. The second-order valence-electron chi connectivity index (χ2n) is 4.26. The molecule has 94 valence electrons. The average Bonchev–Trinajstić information content (AvgIpc) is 2.27. The molecule has 0 saturated heterocycles. The summed E-state index contributed by atoms with van der Waals surface area (Å²) in [5.41, 5.74) is 7.33. The van der Waals surface area contributed by atoms with Crippen LogP contribution in [0, 0.1) is 0 Å². The number of ether oxygens (including phenoxy) is 1. The Morgan fingerprint density at radius 2 is 1.94 bits per heavy atom. The Hall–Kier alpha value is -1.62. The Morgan fingerprint density at radius 1 is 1.17 bits per heavy atom. The molecule has 4 nitrogen and oxygen atoms in total. The van der Waals surface area contributed by atoms with Crippen molar-refractivity contribution in [3.63, 3.8) is 0 Å². The Labute approximate surface area is 114 Å². The molecule has 0 radical (unpaired) electrons. The Balaban J connectivity index is 2.25. The monoisotopic (exact) mass is 307 g/mol. The van der Waals surface area contributed by atoms with Crippen LogP contribution in [0.3, 0.4) is 0 Å². The molecule has 1 aromatic heterocycles.